The Bertz CT molecular complexity index is 400. The van der Waals surface area contributed by atoms with E-state index in [1.54, 1.807) is 6.92 Å². The summed E-state index contributed by atoms with van der Waals surface area (Å²) in [6.45, 7) is 1.57. The average Bonchev–Trinajstić information content (AvgIpc) is 2.24. The van der Waals surface area contributed by atoms with Crippen LogP contribution in [0.2, 0.25) is 0 Å². The number of amides is 1. The van der Waals surface area contributed by atoms with Gasteiger partial charge in [-0.05, 0) is 5.92 Å². The van der Waals surface area contributed by atoms with E-state index < -0.39 is 28.9 Å². The number of aliphatic hydroxyl groups excluding tert-OH is 1. The zero-order valence-corrected chi connectivity index (χ0v) is 9.14. The minimum Gasteiger partial charge on any atom is -0.396 e. The fourth-order valence-electron chi connectivity index (χ4n) is 1.18. The lowest BCUT2D eigenvalue weighted by Gasteiger charge is -2.10. The van der Waals surface area contributed by atoms with Gasteiger partial charge in [0.25, 0.3) is 5.91 Å². The van der Waals surface area contributed by atoms with Gasteiger partial charge in [0, 0.05) is 25.3 Å². The molecule has 1 aromatic rings. The lowest BCUT2D eigenvalue weighted by molar-refractivity contribution is 0.0933. The highest BCUT2D eigenvalue weighted by atomic mass is 19.1. The molecule has 0 spiro atoms. The molecule has 0 aliphatic rings. The van der Waals surface area contributed by atoms with E-state index >= 15 is 0 Å². The van der Waals surface area contributed by atoms with Crippen molar-refractivity contribution >= 4 is 5.91 Å². The Labute approximate surface area is 96.3 Å². The lowest BCUT2D eigenvalue weighted by atomic mass is 10.1. The van der Waals surface area contributed by atoms with Gasteiger partial charge in [0.1, 0.15) is 23.0 Å². The molecular weight excluding hydrogens is 235 g/mol. The van der Waals surface area contributed by atoms with Gasteiger partial charge in [0.15, 0.2) is 0 Å². The summed E-state index contributed by atoms with van der Waals surface area (Å²) in [6.07, 6.45) is 0. The second-order valence-corrected chi connectivity index (χ2v) is 3.74. The first-order valence-corrected chi connectivity index (χ1v) is 4.99. The summed E-state index contributed by atoms with van der Waals surface area (Å²) in [5.74, 6) is -4.79. The van der Waals surface area contributed by atoms with E-state index in [0.717, 1.165) is 0 Å². The molecule has 0 aliphatic heterocycles. The van der Waals surface area contributed by atoms with Crippen LogP contribution in [0.15, 0.2) is 12.1 Å². The SMILES string of the molecule is CC(CO)CNC(=O)c1c(F)cc(F)cc1F. The third kappa shape index (κ3) is 3.45. The number of hydrogen-bond donors (Lipinski definition) is 2. The molecule has 1 amide bonds. The molecule has 0 radical (unpaired) electrons. The zero-order chi connectivity index (χ0) is 13.0. The van der Waals surface area contributed by atoms with Crippen molar-refractivity contribution < 1.29 is 23.1 Å². The summed E-state index contributed by atoms with van der Waals surface area (Å²) < 4.78 is 39.0. The van der Waals surface area contributed by atoms with Gasteiger partial charge in [-0.15, -0.1) is 0 Å². The molecule has 0 aromatic heterocycles. The maximum Gasteiger partial charge on any atom is 0.257 e. The number of nitrogens with one attached hydrogen (secondary N) is 1. The van der Waals surface area contributed by atoms with Crippen LogP contribution >= 0.6 is 0 Å². The average molecular weight is 247 g/mol. The molecule has 3 nitrogen and oxygen atoms in total. The topological polar surface area (TPSA) is 49.3 Å². The third-order valence-electron chi connectivity index (χ3n) is 2.16. The molecule has 1 rings (SSSR count). The van der Waals surface area contributed by atoms with Crippen LogP contribution in [-0.2, 0) is 0 Å². The number of carbonyl (C=O) groups is 1. The number of aliphatic hydroxyl groups is 1. The van der Waals surface area contributed by atoms with Gasteiger partial charge in [0.2, 0.25) is 0 Å². The van der Waals surface area contributed by atoms with Crippen molar-refractivity contribution in [1.29, 1.82) is 0 Å². The predicted molar refractivity (Wildman–Crippen MR) is 54.9 cm³/mol. The smallest absolute Gasteiger partial charge is 0.257 e. The Kier molecular flexibility index (Phi) is 4.51. The molecule has 0 saturated heterocycles. The molecule has 2 N–H and O–H groups in total. The first kappa shape index (κ1) is 13.5. The van der Waals surface area contributed by atoms with Gasteiger partial charge >= 0.3 is 0 Å². The lowest BCUT2D eigenvalue weighted by Crippen LogP contribution is -2.31. The van der Waals surface area contributed by atoms with E-state index in [2.05, 4.69) is 5.32 Å². The Balaban J connectivity index is 2.82. The molecule has 0 heterocycles. The van der Waals surface area contributed by atoms with Crippen molar-refractivity contribution in [1.82, 2.24) is 5.32 Å². The van der Waals surface area contributed by atoms with Gasteiger partial charge < -0.3 is 10.4 Å². The molecule has 1 atom stereocenters. The van der Waals surface area contributed by atoms with Crippen molar-refractivity contribution in [2.75, 3.05) is 13.2 Å². The number of carbonyl (C=O) groups excluding carboxylic acids is 1. The van der Waals surface area contributed by atoms with Crippen LogP contribution in [0.1, 0.15) is 17.3 Å². The first-order chi connectivity index (χ1) is 7.95. The number of benzene rings is 1. The number of hydrogen-bond acceptors (Lipinski definition) is 2. The molecular formula is C11H12F3NO2. The highest BCUT2D eigenvalue weighted by Gasteiger charge is 2.19. The van der Waals surface area contributed by atoms with Crippen LogP contribution in [0, 0.1) is 23.4 Å². The molecule has 0 saturated carbocycles. The Hall–Kier alpha value is -1.56. The number of halogens is 3. The van der Waals surface area contributed by atoms with E-state index in [4.69, 9.17) is 5.11 Å². The molecule has 94 valence electrons. The van der Waals surface area contributed by atoms with Crippen molar-refractivity contribution in [2.45, 2.75) is 6.92 Å². The molecule has 0 fully saturated rings. The van der Waals surface area contributed by atoms with Crippen LogP contribution in [0.25, 0.3) is 0 Å². The molecule has 1 aromatic carbocycles. The summed E-state index contributed by atoms with van der Waals surface area (Å²) >= 11 is 0. The first-order valence-electron chi connectivity index (χ1n) is 4.99. The molecule has 0 aliphatic carbocycles. The molecule has 0 bridgehead atoms. The summed E-state index contributed by atoms with van der Waals surface area (Å²) in [5, 5.41) is 11.0. The molecule has 1 unspecified atom stereocenters. The maximum absolute atomic E-state index is 13.2. The van der Waals surface area contributed by atoms with Crippen LogP contribution in [-0.4, -0.2) is 24.2 Å². The largest absolute Gasteiger partial charge is 0.396 e. The maximum atomic E-state index is 13.2. The summed E-state index contributed by atoms with van der Waals surface area (Å²) in [7, 11) is 0. The van der Waals surface area contributed by atoms with E-state index in [0.29, 0.717) is 12.1 Å². The van der Waals surface area contributed by atoms with Crippen molar-refractivity contribution in [2.24, 2.45) is 5.92 Å². The monoisotopic (exact) mass is 247 g/mol. The second kappa shape index (κ2) is 5.67. The second-order valence-electron chi connectivity index (χ2n) is 3.74. The van der Waals surface area contributed by atoms with Gasteiger partial charge in [-0.25, -0.2) is 13.2 Å². The van der Waals surface area contributed by atoms with E-state index in [1.807, 2.05) is 0 Å². The summed E-state index contributed by atoms with van der Waals surface area (Å²) in [6, 6.07) is 0.876. The molecule has 6 heteroatoms. The quantitative estimate of drug-likeness (QED) is 0.846. The Morgan fingerprint density at radius 2 is 1.88 bits per heavy atom. The van der Waals surface area contributed by atoms with Gasteiger partial charge in [-0.2, -0.15) is 0 Å². The third-order valence-corrected chi connectivity index (χ3v) is 2.16. The van der Waals surface area contributed by atoms with Gasteiger partial charge in [0.05, 0.1) is 0 Å². The number of rotatable bonds is 4. The predicted octanol–water partition coefficient (Wildman–Crippen LogP) is 1.46. The van der Waals surface area contributed by atoms with Crippen LogP contribution in [0.4, 0.5) is 13.2 Å². The standard InChI is InChI=1S/C11H12F3NO2/c1-6(5-16)4-15-11(17)10-8(13)2-7(12)3-9(10)14/h2-3,6,16H,4-5H2,1H3,(H,15,17). The van der Waals surface area contributed by atoms with E-state index in [-0.39, 0.29) is 19.1 Å². The normalized spacial score (nSPS) is 12.3. The minimum absolute atomic E-state index is 0.0750. The fourth-order valence-corrected chi connectivity index (χ4v) is 1.18. The van der Waals surface area contributed by atoms with Crippen molar-refractivity contribution in [3.05, 3.63) is 35.1 Å². The Morgan fingerprint density at radius 1 is 1.35 bits per heavy atom. The van der Waals surface area contributed by atoms with Gasteiger partial charge in [-0.3, -0.25) is 4.79 Å². The minimum atomic E-state index is -1.25. The summed E-state index contributed by atoms with van der Waals surface area (Å²) in [5.41, 5.74) is -0.823. The zero-order valence-electron chi connectivity index (χ0n) is 9.14. The van der Waals surface area contributed by atoms with E-state index in [1.165, 1.54) is 0 Å². The van der Waals surface area contributed by atoms with Crippen LogP contribution in [0.3, 0.4) is 0 Å². The van der Waals surface area contributed by atoms with Crippen molar-refractivity contribution in [3.63, 3.8) is 0 Å². The van der Waals surface area contributed by atoms with Crippen LogP contribution in [0.5, 0.6) is 0 Å². The highest BCUT2D eigenvalue weighted by Crippen LogP contribution is 2.14. The fraction of sp³-hybridized carbons (Fsp3) is 0.364. The molecule has 17 heavy (non-hydrogen) atoms. The highest BCUT2D eigenvalue weighted by molar-refractivity contribution is 5.94. The van der Waals surface area contributed by atoms with E-state index in [9.17, 15) is 18.0 Å². The van der Waals surface area contributed by atoms with Gasteiger partial charge in [-0.1, -0.05) is 6.92 Å². The summed E-state index contributed by atoms with van der Waals surface area (Å²) in [4.78, 5) is 11.4. The van der Waals surface area contributed by atoms with Crippen molar-refractivity contribution in [3.8, 4) is 0 Å². The Morgan fingerprint density at radius 3 is 2.35 bits per heavy atom. The van der Waals surface area contributed by atoms with Crippen LogP contribution < -0.4 is 5.32 Å².